The number of anilines is 1. The van der Waals surface area contributed by atoms with Gasteiger partial charge in [0.2, 0.25) is 0 Å². The van der Waals surface area contributed by atoms with Crippen LogP contribution in [0, 0.1) is 12.7 Å². The van der Waals surface area contributed by atoms with Crippen LogP contribution in [0.4, 0.5) is 10.1 Å². The minimum absolute atomic E-state index is 0.0739. The molecule has 0 aliphatic carbocycles. The number of aromatic nitrogens is 1. The number of hydrogen-bond donors (Lipinski definition) is 1. The van der Waals surface area contributed by atoms with Crippen LogP contribution in [0.1, 0.15) is 34.8 Å². The maximum atomic E-state index is 14.5. The van der Waals surface area contributed by atoms with E-state index in [0.717, 1.165) is 5.56 Å². The molecule has 1 aromatic heterocycles. The van der Waals surface area contributed by atoms with E-state index in [-0.39, 0.29) is 30.5 Å². The molecule has 1 aromatic carbocycles. The van der Waals surface area contributed by atoms with E-state index in [2.05, 4.69) is 10.3 Å². The number of halogens is 1. The monoisotopic (exact) mass is 363 g/mol. The molecule has 2 heterocycles. The molecule has 2 aromatic rings. The van der Waals surface area contributed by atoms with Gasteiger partial charge in [-0.3, -0.25) is 4.79 Å². The van der Waals surface area contributed by atoms with E-state index in [1.54, 1.807) is 18.5 Å². The minimum atomic E-state index is -0.276. The lowest BCUT2D eigenvalue weighted by atomic mass is 10.1. The van der Waals surface area contributed by atoms with Gasteiger partial charge in [-0.1, -0.05) is 6.07 Å². The lowest BCUT2D eigenvalue weighted by molar-refractivity contribution is -0.00539. The predicted octanol–water partition coefficient (Wildman–Crippen LogP) is 3.13. The van der Waals surface area contributed by atoms with Gasteiger partial charge in [-0.2, -0.15) is 0 Å². The van der Waals surface area contributed by atoms with Crippen LogP contribution in [0.5, 0.6) is 0 Å². The molecule has 0 unspecified atom stereocenters. The van der Waals surface area contributed by atoms with Crippen molar-refractivity contribution in [2.75, 3.05) is 18.0 Å². The normalized spacial score (nSPS) is 20.6. The topological polar surface area (TPSA) is 54.5 Å². The summed E-state index contributed by atoms with van der Waals surface area (Å²) in [5.41, 5.74) is 3.66. The molecule has 5 nitrogen and oxygen atoms in total. The Morgan fingerprint density at radius 1 is 1.40 bits per heavy atom. The Morgan fingerprint density at radius 3 is 2.72 bits per heavy atom. The van der Waals surface area contributed by atoms with Crippen LogP contribution in [0.3, 0.4) is 0 Å². The van der Waals surface area contributed by atoms with Gasteiger partial charge in [-0.05, 0) is 38.5 Å². The van der Waals surface area contributed by atoms with E-state index in [4.69, 9.17) is 4.74 Å². The quantitative estimate of drug-likeness (QED) is 0.907. The summed E-state index contributed by atoms with van der Waals surface area (Å²) < 4.78 is 20.2. The fraction of sp³-hybridized carbons (Fsp3) is 0.444. The average molecular weight is 363 g/mol. The van der Waals surface area contributed by atoms with E-state index in [1.165, 1.54) is 17.4 Å². The lowest BCUT2D eigenvalue weighted by Gasteiger charge is -2.37. The highest BCUT2D eigenvalue weighted by Gasteiger charge is 2.24. The number of carbonyl (C=O) groups is 1. The van der Waals surface area contributed by atoms with Crippen LogP contribution >= 0.6 is 11.3 Å². The highest BCUT2D eigenvalue weighted by atomic mass is 32.1. The van der Waals surface area contributed by atoms with Crippen molar-refractivity contribution < 1.29 is 13.9 Å². The van der Waals surface area contributed by atoms with Crippen LogP contribution in [0.2, 0.25) is 0 Å². The summed E-state index contributed by atoms with van der Waals surface area (Å²) in [7, 11) is 0. The fourth-order valence-electron chi connectivity index (χ4n) is 3.07. The molecule has 1 saturated heterocycles. The Kier molecular flexibility index (Phi) is 5.34. The third kappa shape index (κ3) is 4.16. The second-order valence-electron chi connectivity index (χ2n) is 6.40. The van der Waals surface area contributed by atoms with Gasteiger partial charge in [0.25, 0.3) is 5.91 Å². The zero-order valence-electron chi connectivity index (χ0n) is 14.6. The first kappa shape index (κ1) is 17.8. The summed E-state index contributed by atoms with van der Waals surface area (Å²) in [6, 6.07) is 5.11. The highest BCUT2D eigenvalue weighted by molar-refractivity contribution is 7.11. The van der Waals surface area contributed by atoms with E-state index in [0.29, 0.717) is 29.3 Å². The number of nitrogens with zero attached hydrogens (tertiary/aromatic N) is 2. The smallest absolute Gasteiger partial charge is 0.263 e. The second kappa shape index (κ2) is 7.49. The van der Waals surface area contributed by atoms with Gasteiger partial charge in [0.15, 0.2) is 0 Å². The highest BCUT2D eigenvalue weighted by Crippen LogP contribution is 2.24. The first-order valence-electron chi connectivity index (χ1n) is 8.31. The van der Waals surface area contributed by atoms with Gasteiger partial charge in [-0.15, -0.1) is 11.3 Å². The Labute approximate surface area is 150 Å². The molecule has 25 heavy (non-hydrogen) atoms. The van der Waals surface area contributed by atoms with E-state index >= 15 is 0 Å². The summed E-state index contributed by atoms with van der Waals surface area (Å²) >= 11 is 1.30. The average Bonchev–Trinajstić information content (AvgIpc) is 2.98. The van der Waals surface area contributed by atoms with Crippen molar-refractivity contribution in [3.63, 3.8) is 0 Å². The molecular formula is C18H22FN3O2S. The molecular weight excluding hydrogens is 341 g/mol. The maximum absolute atomic E-state index is 14.5. The number of nitrogens with one attached hydrogen (secondary N) is 1. The summed E-state index contributed by atoms with van der Waals surface area (Å²) in [6.45, 7) is 7.40. The molecule has 0 radical (unpaired) electrons. The van der Waals surface area contributed by atoms with Crippen molar-refractivity contribution in [1.82, 2.24) is 10.3 Å². The number of carbonyl (C=O) groups excluding carboxylic acids is 1. The van der Waals surface area contributed by atoms with Gasteiger partial charge >= 0.3 is 0 Å². The molecule has 134 valence electrons. The minimum Gasteiger partial charge on any atom is -0.372 e. The van der Waals surface area contributed by atoms with E-state index < -0.39 is 0 Å². The van der Waals surface area contributed by atoms with Crippen molar-refractivity contribution in [1.29, 1.82) is 0 Å². The second-order valence-corrected chi connectivity index (χ2v) is 7.25. The van der Waals surface area contributed by atoms with Crippen LogP contribution in [0.15, 0.2) is 23.7 Å². The Hall–Kier alpha value is -1.99. The zero-order valence-corrected chi connectivity index (χ0v) is 15.4. The molecule has 7 heteroatoms. The largest absolute Gasteiger partial charge is 0.372 e. The molecule has 0 spiro atoms. The zero-order chi connectivity index (χ0) is 18.0. The van der Waals surface area contributed by atoms with Crippen molar-refractivity contribution in [3.8, 4) is 0 Å². The SMILES string of the molecule is Cc1ncsc1C(=O)NCc1ccc(N2C[C@H](C)O[C@@H](C)C2)c(F)c1. The third-order valence-electron chi connectivity index (χ3n) is 4.18. The van der Waals surface area contributed by atoms with Crippen molar-refractivity contribution in [2.24, 2.45) is 0 Å². The molecule has 1 aliphatic heterocycles. The molecule has 1 fully saturated rings. The van der Waals surface area contributed by atoms with Crippen molar-refractivity contribution in [2.45, 2.75) is 39.5 Å². The molecule has 1 N–H and O–H groups in total. The molecule has 1 aliphatic rings. The van der Waals surface area contributed by atoms with Gasteiger partial charge in [0.05, 0.1) is 29.1 Å². The van der Waals surface area contributed by atoms with Gasteiger partial charge in [0.1, 0.15) is 10.7 Å². The summed E-state index contributed by atoms with van der Waals surface area (Å²) in [5, 5.41) is 2.81. The third-order valence-corrected chi connectivity index (χ3v) is 5.10. The van der Waals surface area contributed by atoms with E-state index in [1.807, 2.05) is 24.8 Å². The molecule has 0 bridgehead atoms. The number of aryl methyl sites for hydroxylation is 1. The summed E-state index contributed by atoms with van der Waals surface area (Å²) in [4.78, 5) is 18.8. The number of rotatable bonds is 4. The van der Waals surface area contributed by atoms with Crippen molar-refractivity contribution >= 4 is 22.9 Å². The van der Waals surface area contributed by atoms with E-state index in [9.17, 15) is 9.18 Å². The standard InChI is InChI=1S/C18H22FN3O2S/c1-11-8-22(9-12(2)24-11)16-5-4-14(6-15(16)19)7-20-18(23)17-13(3)21-10-25-17/h4-6,10-12H,7-9H2,1-3H3,(H,20,23)/t11-,12-/m0/s1. The van der Waals surface area contributed by atoms with Gasteiger partial charge in [-0.25, -0.2) is 9.37 Å². The van der Waals surface area contributed by atoms with Crippen LogP contribution in [-0.2, 0) is 11.3 Å². The Morgan fingerprint density at radius 2 is 2.12 bits per heavy atom. The first-order valence-corrected chi connectivity index (χ1v) is 9.19. The number of thiazole rings is 1. The number of hydrogen-bond acceptors (Lipinski definition) is 5. The van der Waals surface area contributed by atoms with Gasteiger partial charge in [0, 0.05) is 19.6 Å². The first-order chi connectivity index (χ1) is 11.9. The van der Waals surface area contributed by atoms with Crippen molar-refractivity contribution in [3.05, 3.63) is 45.7 Å². The van der Waals surface area contributed by atoms with Crippen LogP contribution < -0.4 is 10.2 Å². The fourth-order valence-corrected chi connectivity index (χ4v) is 3.79. The number of morpholine rings is 1. The number of ether oxygens (including phenoxy) is 1. The molecule has 2 atom stereocenters. The molecule has 0 saturated carbocycles. The van der Waals surface area contributed by atoms with Crippen LogP contribution in [0.25, 0.3) is 0 Å². The molecule has 1 amide bonds. The number of benzene rings is 1. The predicted molar refractivity (Wildman–Crippen MR) is 96.6 cm³/mol. The summed E-state index contributed by atoms with van der Waals surface area (Å²) in [5.74, 6) is -0.456. The molecule has 3 rings (SSSR count). The maximum Gasteiger partial charge on any atom is 0.263 e. The Balaban J connectivity index is 1.66. The lowest BCUT2D eigenvalue weighted by Crippen LogP contribution is -2.45. The number of amides is 1. The van der Waals surface area contributed by atoms with Gasteiger partial charge < -0.3 is 15.0 Å². The van der Waals surface area contributed by atoms with Crippen LogP contribution in [-0.4, -0.2) is 36.2 Å². The summed E-state index contributed by atoms with van der Waals surface area (Å²) in [6.07, 6.45) is 0.148. The Bertz CT molecular complexity index is 755.